The van der Waals surface area contributed by atoms with Crippen LogP contribution in [0, 0.1) is 12.8 Å². The minimum Gasteiger partial charge on any atom is -0.493 e. The zero-order valence-electron chi connectivity index (χ0n) is 19.8. The molecule has 7 nitrogen and oxygen atoms in total. The van der Waals surface area contributed by atoms with Gasteiger partial charge < -0.3 is 19.6 Å². The van der Waals surface area contributed by atoms with E-state index >= 15 is 0 Å². The Labute approximate surface area is 199 Å². The summed E-state index contributed by atoms with van der Waals surface area (Å²) < 4.78 is 11.8. The molecular weight excluding hydrogens is 432 g/mol. The average molecular weight is 463 g/mol. The normalized spacial score (nSPS) is 14.8. The lowest BCUT2D eigenvalue weighted by Crippen LogP contribution is -2.17. The number of rotatable bonds is 9. The monoisotopic (exact) mass is 462 g/mol. The molecular formula is C27H30N2O5. The van der Waals surface area contributed by atoms with Gasteiger partial charge >= 0.3 is 5.97 Å². The molecule has 2 aromatic carbocycles. The maximum Gasteiger partial charge on any atom is 0.303 e. The molecule has 1 heterocycles. The van der Waals surface area contributed by atoms with E-state index in [9.17, 15) is 9.59 Å². The van der Waals surface area contributed by atoms with Crippen LogP contribution in [0.2, 0.25) is 0 Å². The summed E-state index contributed by atoms with van der Waals surface area (Å²) in [5.74, 6) is 1.32. The number of nitrogens with zero attached hydrogens (tertiary/aromatic N) is 1. The molecule has 0 bridgehead atoms. The van der Waals surface area contributed by atoms with E-state index in [1.54, 1.807) is 0 Å². The summed E-state index contributed by atoms with van der Waals surface area (Å²) in [6.45, 7) is 6.06. The Balaban J connectivity index is 1.34. The van der Waals surface area contributed by atoms with Crippen molar-refractivity contribution in [1.82, 2.24) is 4.98 Å². The molecule has 0 fully saturated rings. The number of aromatic nitrogens is 1. The highest BCUT2D eigenvalue weighted by atomic mass is 16.5. The van der Waals surface area contributed by atoms with Crippen molar-refractivity contribution in [2.75, 3.05) is 11.9 Å². The number of anilines is 1. The molecule has 0 saturated heterocycles. The fourth-order valence-corrected chi connectivity index (χ4v) is 4.23. The highest BCUT2D eigenvalue weighted by Gasteiger charge is 2.25. The molecule has 1 aromatic heterocycles. The summed E-state index contributed by atoms with van der Waals surface area (Å²) in [7, 11) is 0. The minimum atomic E-state index is -0.755. The smallest absolute Gasteiger partial charge is 0.303 e. The first-order valence-electron chi connectivity index (χ1n) is 11.6. The standard InChI is InChI=1S/C27H30N2O5/c1-16(2)26(32)28-21-8-6-18(7-9-21)27-29-24(17(3)34-27)12-13-33-22-10-11-23-19(14-22)4-5-20(23)15-25(30)31/h6-11,14,16,20H,4-5,12-13,15H2,1-3H3,(H,28,32)(H,30,31)/t20-/m0/s1. The molecule has 0 saturated carbocycles. The molecule has 178 valence electrons. The fourth-order valence-electron chi connectivity index (χ4n) is 4.23. The predicted molar refractivity (Wildman–Crippen MR) is 129 cm³/mol. The molecule has 0 spiro atoms. The van der Waals surface area contributed by atoms with E-state index in [-0.39, 0.29) is 24.2 Å². The Morgan fingerprint density at radius 1 is 1.21 bits per heavy atom. The van der Waals surface area contributed by atoms with Crippen molar-refractivity contribution in [2.45, 2.75) is 52.4 Å². The van der Waals surface area contributed by atoms with Gasteiger partial charge in [-0.05, 0) is 73.2 Å². The van der Waals surface area contributed by atoms with E-state index in [0.29, 0.717) is 18.9 Å². The van der Waals surface area contributed by atoms with E-state index in [0.717, 1.165) is 46.9 Å². The fraction of sp³-hybridized carbons (Fsp3) is 0.370. The molecule has 0 unspecified atom stereocenters. The zero-order chi connectivity index (χ0) is 24.2. The maximum atomic E-state index is 11.9. The van der Waals surface area contributed by atoms with Gasteiger partial charge in [0.2, 0.25) is 11.8 Å². The molecule has 0 aliphatic heterocycles. The van der Waals surface area contributed by atoms with Gasteiger partial charge in [0, 0.05) is 23.6 Å². The summed E-state index contributed by atoms with van der Waals surface area (Å²) in [5, 5.41) is 12.0. The van der Waals surface area contributed by atoms with Crippen molar-refractivity contribution in [1.29, 1.82) is 0 Å². The average Bonchev–Trinajstić information content (AvgIpc) is 3.37. The number of carbonyl (C=O) groups is 2. The van der Waals surface area contributed by atoms with Crippen LogP contribution in [0.1, 0.15) is 55.2 Å². The van der Waals surface area contributed by atoms with Crippen LogP contribution in [-0.4, -0.2) is 28.6 Å². The highest BCUT2D eigenvalue weighted by molar-refractivity contribution is 5.92. The second kappa shape index (κ2) is 10.1. The van der Waals surface area contributed by atoms with E-state index in [1.165, 1.54) is 5.56 Å². The summed E-state index contributed by atoms with van der Waals surface area (Å²) in [5.41, 5.74) is 4.73. The van der Waals surface area contributed by atoms with Crippen LogP contribution in [0.3, 0.4) is 0 Å². The van der Waals surface area contributed by atoms with Crippen LogP contribution in [0.15, 0.2) is 46.9 Å². The van der Waals surface area contributed by atoms with Crippen molar-refractivity contribution >= 4 is 17.6 Å². The van der Waals surface area contributed by atoms with E-state index < -0.39 is 5.97 Å². The third-order valence-corrected chi connectivity index (χ3v) is 6.16. The number of carboxylic acid groups (broad SMARTS) is 1. The number of nitrogens with one attached hydrogen (secondary N) is 1. The van der Waals surface area contributed by atoms with Crippen LogP contribution in [-0.2, 0) is 22.4 Å². The van der Waals surface area contributed by atoms with Crippen LogP contribution in [0.25, 0.3) is 11.5 Å². The number of aryl methyl sites for hydroxylation is 2. The Hall–Kier alpha value is -3.61. The molecule has 34 heavy (non-hydrogen) atoms. The van der Waals surface area contributed by atoms with Gasteiger partial charge in [-0.25, -0.2) is 4.98 Å². The lowest BCUT2D eigenvalue weighted by Gasteiger charge is -2.10. The van der Waals surface area contributed by atoms with Gasteiger partial charge in [0.25, 0.3) is 0 Å². The quantitative estimate of drug-likeness (QED) is 0.443. The minimum absolute atomic E-state index is 0.0227. The number of aliphatic carboxylic acids is 1. The molecule has 0 radical (unpaired) electrons. The van der Waals surface area contributed by atoms with Crippen LogP contribution in [0.4, 0.5) is 5.69 Å². The van der Waals surface area contributed by atoms with Crippen molar-refractivity contribution < 1.29 is 23.8 Å². The molecule has 1 aliphatic carbocycles. The summed E-state index contributed by atoms with van der Waals surface area (Å²) in [6.07, 6.45) is 2.54. The first-order valence-corrected chi connectivity index (χ1v) is 11.6. The number of carbonyl (C=O) groups excluding carboxylic acids is 1. The predicted octanol–water partition coefficient (Wildman–Crippen LogP) is 5.37. The first kappa shape index (κ1) is 23.5. The van der Waals surface area contributed by atoms with Gasteiger partial charge in [-0.15, -0.1) is 0 Å². The number of oxazole rings is 1. The third kappa shape index (κ3) is 5.47. The lowest BCUT2D eigenvalue weighted by molar-refractivity contribution is -0.137. The van der Waals surface area contributed by atoms with Crippen molar-refractivity contribution in [3.63, 3.8) is 0 Å². The van der Waals surface area contributed by atoms with Crippen LogP contribution >= 0.6 is 0 Å². The molecule has 1 atom stereocenters. The maximum absolute atomic E-state index is 11.9. The van der Waals surface area contributed by atoms with E-state index in [2.05, 4.69) is 10.3 Å². The Morgan fingerprint density at radius 3 is 2.68 bits per heavy atom. The molecule has 7 heteroatoms. The third-order valence-electron chi connectivity index (χ3n) is 6.16. The van der Waals surface area contributed by atoms with Gasteiger partial charge in [0.05, 0.1) is 18.7 Å². The molecule has 3 aromatic rings. The Bertz CT molecular complexity index is 1180. The second-order valence-corrected chi connectivity index (χ2v) is 9.04. The van der Waals surface area contributed by atoms with Gasteiger partial charge in [-0.2, -0.15) is 0 Å². The van der Waals surface area contributed by atoms with Crippen molar-refractivity contribution in [2.24, 2.45) is 5.92 Å². The van der Waals surface area contributed by atoms with E-state index in [4.69, 9.17) is 14.3 Å². The van der Waals surface area contributed by atoms with Gasteiger partial charge in [-0.3, -0.25) is 9.59 Å². The number of benzene rings is 2. The summed E-state index contributed by atoms with van der Waals surface area (Å²) in [4.78, 5) is 27.5. The summed E-state index contributed by atoms with van der Waals surface area (Å²) in [6, 6.07) is 13.4. The Morgan fingerprint density at radius 2 is 1.97 bits per heavy atom. The number of hydrogen-bond donors (Lipinski definition) is 2. The van der Waals surface area contributed by atoms with Crippen molar-refractivity contribution in [3.05, 3.63) is 65.0 Å². The lowest BCUT2D eigenvalue weighted by atomic mass is 9.98. The number of fused-ring (bicyclic) bond motifs is 1. The molecule has 2 N–H and O–H groups in total. The van der Waals surface area contributed by atoms with Gasteiger partial charge in [-0.1, -0.05) is 19.9 Å². The van der Waals surface area contributed by atoms with Gasteiger partial charge in [0.1, 0.15) is 11.5 Å². The topological polar surface area (TPSA) is 102 Å². The number of ether oxygens (including phenoxy) is 1. The number of hydrogen-bond acceptors (Lipinski definition) is 5. The molecule has 4 rings (SSSR count). The number of amides is 1. The first-order chi connectivity index (χ1) is 16.3. The molecule has 1 aliphatic rings. The summed E-state index contributed by atoms with van der Waals surface area (Å²) >= 11 is 0. The van der Waals surface area contributed by atoms with Gasteiger partial charge in [0.15, 0.2) is 0 Å². The van der Waals surface area contributed by atoms with Crippen LogP contribution < -0.4 is 10.1 Å². The Kier molecular flexibility index (Phi) is 7.01. The van der Waals surface area contributed by atoms with Crippen LogP contribution in [0.5, 0.6) is 5.75 Å². The number of carboxylic acids is 1. The zero-order valence-corrected chi connectivity index (χ0v) is 19.8. The molecule has 1 amide bonds. The largest absolute Gasteiger partial charge is 0.493 e. The second-order valence-electron chi connectivity index (χ2n) is 9.04. The van der Waals surface area contributed by atoms with Crippen molar-refractivity contribution in [3.8, 4) is 17.2 Å². The van der Waals surface area contributed by atoms with E-state index in [1.807, 2.05) is 63.2 Å². The SMILES string of the molecule is Cc1oc(-c2ccc(NC(=O)C(C)C)cc2)nc1CCOc1ccc2c(c1)CC[C@H]2CC(=O)O. The highest BCUT2D eigenvalue weighted by Crippen LogP contribution is 2.37.